The Bertz CT molecular complexity index is 425. The van der Waals surface area contributed by atoms with Crippen molar-refractivity contribution in [1.82, 2.24) is 4.90 Å². The number of nitrogens with two attached hydrogens (primary N) is 1. The monoisotopic (exact) mass is 288 g/mol. The number of hydrogen-bond donors (Lipinski definition) is 1. The molecule has 0 fully saturated rings. The van der Waals surface area contributed by atoms with Crippen LogP contribution in [0.2, 0.25) is 0 Å². The average molecular weight is 288 g/mol. The summed E-state index contributed by atoms with van der Waals surface area (Å²) in [6.45, 7) is 7.94. The van der Waals surface area contributed by atoms with Gasteiger partial charge in [0.25, 0.3) is 0 Å². The molecule has 0 atom stereocenters. The second-order valence-electron chi connectivity index (χ2n) is 5.35. The van der Waals surface area contributed by atoms with Crippen LogP contribution < -0.4 is 5.73 Å². The molecule has 116 valence electrons. The van der Waals surface area contributed by atoms with Crippen LogP contribution in [0.4, 0.5) is 0 Å². The molecule has 0 saturated heterocycles. The van der Waals surface area contributed by atoms with Crippen LogP contribution in [0.5, 0.6) is 0 Å². The van der Waals surface area contributed by atoms with Crippen molar-refractivity contribution >= 4 is 5.91 Å². The lowest BCUT2D eigenvalue weighted by Gasteiger charge is -2.23. The largest absolute Gasteiger partial charge is 0.338 e. The molecule has 0 aliphatic heterocycles. The van der Waals surface area contributed by atoms with Gasteiger partial charge in [0, 0.05) is 19.5 Å². The molecule has 0 radical (unpaired) electrons. The Hall–Kier alpha value is -1.61. The van der Waals surface area contributed by atoms with E-state index in [0.29, 0.717) is 19.5 Å². The molecule has 1 rings (SSSR count). The van der Waals surface area contributed by atoms with E-state index < -0.39 is 0 Å². The summed E-state index contributed by atoms with van der Waals surface area (Å²) < 4.78 is 0. The third kappa shape index (κ3) is 6.58. The summed E-state index contributed by atoms with van der Waals surface area (Å²) in [7, 11) is 0. The van der Waals surface area contributed by atoms with Crippen LogP contribution in [0.15, 0.2) is 36.9 Å². The Morgan fingerprint density at radius 3 is 2.52 bits per heavy atom. The average Bonchev–Trinajstić information content (AvgIpc) is 2.49. The van der Waals surface area contributed by atoms with Crippen molar-refractivity contribution in [3.8, 4) is 0 Å². The number of rotatable bonds is 10. The van der Waals surface area contributed by atoms with E-state index in [0.717, 1.165) is 32.2 Å². The molecule has 0 saturated carbocycles. The number of benzene rings is 1. The zero-order valence-electron chi connectivity index (χ0n) is 13.2. The predicted octanol–water partition coefficient (Wildman–Crippen LogP) is 3.28. The van der Waals surface area contributed by atoms with Gasteiger partial charge < -0.3 is 10.6 Å². The highest BCUT2D eigenvalue weighted by Crippen LogP contribution is 2.11. The summed E-state index contributed by atoms with van der Waals surface area (Å²) in [6, 6.07) is 8.41. The molecule has 1 amide bonds. The first kappa shape index (κ1) is 17.4. The number of nitrogens with zero attached hydrogens (tertiary/aromatic N) is 1. The van der Waals surface area contributed by atoms with E-state index in [-0.39, 0.29) is 5.91 Å². The zero-order valence-corrected chi connectivity index (χ0v) is 13.2. The maximum absolute atomic E-state index is 12.2. The second-order valence-corrected chi connectivity index (χ2v) is 5.35. The maximum atomic E-state index is 12.2. The minimum atomic E-state index is 0.243. The van der Waals surface area contributed by atoms with Crippen molar-refractivity contribution in [3.63, 3.8) is 0 Å². The third-order valence-electron chi connectivity index (χ3n) is 3.48. The van der Waals surface area contributed by atoms with Gasteiger partial charge in [0.05, 0.1) is 0 Å². The highest BCUT2D eigenvalue weighted by atomic mass is 16.2. The normalized spacial score (nSPS) is 10.4. The lowest BCUT2D eigenvalue weighted by molar-refractivity contribution is -0.131. The molecule has 0 unspecified atom stereocenters. The highest BCUT2D eigenvalue weighted by molar-refractivity contribution is 5.76. The minimum absolute atomic E-state index is 0.243. The zero-order chi connectivity index (χ0) is 15.5. The topological polar surface area (TPSA) is 46.3 Å². The van der Waals surface area contributed by atoms with Crippen LogP contribution >= 0.6 is 0 Å². The number of allylic oxidation sites excluding steroid dienone is 1. The summed E-state index contributed by atoms with van der Waals surface area (Å²) in [5.41, 5.74) is 7.99. The van der Waals surface area contributed by atoms with Crippen LogP contribution in [0.1, 0.15) is 43.7 Å². The fraction of sp³-hybridized carbons (Fsp3) is 0.500. The summed E-state index contributed by atoms with van der Waals surface area (Å²) in [5, 5.41) is 0. The Labute approximate surface area is 128 Å². The number of carbonyl (C=O) groups excluding carboxylic acids is 1. The fourth-order valence-electron chi connectivity index (χ4n) is 2.29. The van der Waals surface area contributed by atoms with Crippen molar-refractivity contribution in [2.45, 2.75) is 45.6 Å². The van der Waals surface area contributed by atoms with Gasteiger partial charge in [0.2, 0.25) is 5.91 Å². The summed E-state index contributed by atoms with van der Waals surface area (Å²) >= 11 is 0. The molecular weight excluding hydrogens is 260 g/mol. The van der Waals surface area contributed by atoms with Crippen molar-refractivity contribution < 1.29 is 4.79 Å². The van der Waals surface area contributed by atoms with Crippen LogP contribution in [0.25, 0.3) is 0 Å². The number of amides is 1. The first-order chi connectivity index (χ1) is 10.2. The van der Waals surface area contributed by atoms with Gasteiger partial charge in [-0.15, -0.1) is 6.58 Å². The molecule has 1 aromatic carbocycles. The SMILES string of the molecule is C=CCCCN(Cc1ccc(CCN)cc1)C(=O)CCC. The van der Waals surface area contributed by atoms with Gasteiger partial charge in [0.1, 0.15) is 0 Å². The minimum Gasteiger partial charge on any atom is -0.338 e. The second kappa shape index (κ2) is 10.2. The van der Waals surface area contributed by atoms with E-state index in [9.17, 15) is 4.79 Å². The molecule has 3 nitrogen and oxygen atoms in total. The van der Waals surface area contributed by atoms with Crippen molar-refractivity contribution in [1.29, 1.82) is 0 Å². The Morgan fingerprint density at radius 1 is 1.29 bits per heavy atom. The summed E-state index contributed by atoms with van der Waals surface area (Å²) in [4.78, 5) is 14.2. The van der Waals surface area contributed by atoms with Gasteiger partial charge >= 0.3 is 0 Å². The van der Waals surface area contributed by atoms with E-state index >= 15 is 0 Å². The molecule has 0 aliphatic rings. The van der Waals surface area contributed by atoms with Crippen LogP contribution in [0, 0.1) is 0 Å². The lowest BCUT2D eigenvalue weighted by atomic mass is 10.1. The standard InChI is InChI=1S/C18H28N2O/c1-3-5-6-14-20(18(21)7-4-2)15-17-10-8-16(9-11-17)12-13-19/h3,8-11H,1,4-7,12-15,19H2,2H3. The van der Waals surface area contributed by atoms with E-state index in [1.807, 2.05) is 17.9 Å². The van der Waals surface area contributed by atoms with E-state index in [1.165, 1.54) is 11.1 Å². The van der Waals surface area contributed by atoms with Gasteiger partial charge in [0.15, 0.2) is 0 Å². The molecule has 3 heteroatoms. The van der Waals surface area contributed by atoms with Gasteiger partial charge in [-0.25, -0.2) is 0 Å². The number of hydrogen-bond acceptors (Lipinski definition) is 2. The summed E-state index contributed by atoms with van der Waals surface area (Å²) in [6.07, 6.45) is 6.25. The van der Waals surface area contributed by atoms with E-state index in [4.69, 9.17) is 5.73 Å². The number of unbranched alkanes of at least 4 members (excludes halogenated alkanes) is 1. The first-order valence-corrected chi connectivity index (χ1v) is 7.87. The fourth-order valence-corrected chi connectivity index (χ4v) is 2.29. The van der Waals surface area contributed by atoms with Crippen LogP contribution in [-0.2, 0) is 17.8 Å². The third-order valence-corrected chi connectivity index (χ3v) is 3.48. The van der Waals surface area contributed by atoms with Crippen molar-refractivity contribution in [3.05, 3.63) is 48.0 Å². The van der Waals surface area contributed by atoms with E-state index in [2.05, 4.69) is 30.8 Å². The Kier molecular flexibility index (Phi) is 8.44. The lowest BCUT2D eigenvalue weighted by Crippen LogP contribution is -2.31. The maximum Gasteiger partial charge on any atom is 0.222 e. The van der Waals surface area contributed by atoms with Crippen molar-refractivity contribution in [2.75, 3.05) is 13.1 Å². The molecule has 2 N–H and O–H groups in total. The van der Waals surface area contributed by atoms with E-state index in [1.54, 1.807) is 0 Å². The molecule has 21 heavy (non-hydrogen) atoms. The highest BCUT2D eigenvalue weighted by Gasteiger charge is 2.12. The van der Waals surface area contributed by atoms with Gasteiger partial charge in [-0.3, -0.25) is 4.79 Å². The van der Waals surface area contributed by atoms with Gasteiger partial charge in [-0.1, -0.05) is 37.3 Å². The quantitative estimate of drug-likeness (QED) is 0.530. The first-order valence-electron chi connectivity index (χ1n) is 7.87. The van der Waals surface area contributed by atoms with Gasteiger partial charge in [-0.05, 0) is 43.4 Å². The predicted molar refractivity (Wildman–Crippen MR) is 89.0 cm³/mol. The summed E-state index contributed by atoms with van der Waals surface area (Å²) in [5.74, 6) is 0.243. The molecular formula is C18H28N2O. The number of carbonyl (C=O) groups is 1. The van der Waals surface area contributed by atoms with Gasteiger partial charge in [-0.2, -0.15) is 0 Å². The molecule has 1 aromatic rings. The Morgan fingerprint density at radius 2 is 1.95 bits per heavy atom. The molecule has 0 spiro atoms. The molecule has 0 heterocycles. The van der Waals surface area contributed by atoms with Crippen LogP contribution in [-0.4, -0.2) is 23.9 Å². The van der Waals surface area contributed by atoms with Crippen molar-refractivity contribution in [2.24, 2.45) is 5.73 Å². The molecule has 0 aromatic heterocycles. The molecule has 0 bridgehead atoms. The Balaban J connectivity index is 2.65. The smallest absolute Gasteiger partial charge is 0.222 e. The van der Waals surface area contributed by atoms with Crippen LogP contribution in [0.3, 0.4) is 0 Å². The molecule has 0 aliphatic carbocycles.